The molecular weight excluding hydrogens is 240 g/mol. The van der Waals surface area contributed by atoms with Crippen molar-refractivity contribution in [3.05, 3.63) is 0 Å². The molecule has 0 aliphatic carbocycles. The molecule has 0 aromatic rings. The second-order valence-corrected chi connectivity index (χ2v) is 5.66. The summed E-state index contributed by atoms with van der Waals surface area (Å²) >= 11 is 0. The molecule has 0 aromatic heterocycles. The smallest absolute Gasteiger partial charge is 0.154 e. The highest BCUT2D eigenvalue weighted by Crippen LogP contribution is 2.21. The van der Waals surface area contributed by atoms with Gasteiger partial charge in [-0.15, -0.1) is 0 Å². The van der Waals surface area contributed by atoms with Gasteiger partial charge in [0.2, 0.25) is 0 Å². The molecule has 0 unspecified atom stereocenters. The highest BCUT2D eigenvalue weighted by atomic mass is 16.7. The molecule has 0 amide bonds. The summed E-state index contributed by atoms with van der Waals surface area (Å²) in [5.41, 5.74) is -0.501. The summed E-state index contributed by atoms with van der Waals surface area (Å²) in [5, 5.41) is 10.2. The van der Waals surface area contributed by atoms with Crippen LogP contribution in [0.25, 0.3) is 0 Å². The highest BCUT2D eigenvalue weighted by molar-refractivity contribution is 4.72. The molecule has 0 bridgehead atoms. The molecule has 3 nitrogen and oxygen atoms in total. The molecule has 0 radical (unpaired) electrons. The van der Waals surface area contributed by atoms with Crippen LogP contribution in [-0.2, 0) is 9.47 Å². The fourth-order valence-corrected chi connectivity index (χ4v) is 2.20. The summed E-state index contributed by atoms with van der Waals surface area (Å²) in [6, 6.07) is 0. The number of rotatable bonds is 13. The van der Waals surface area contributed by atoms with Crippen molar-refractivity contribution in [3.63, 3.8) is 0 Å². The molecule has 0 aliphatic rings. The zero-order valence-corrected chi connectivity index (χ0v) is 13.4. The van der Waals surface area contributed by atoms with E-state index in [4.69, 9.17) is 9.47 Å². The van der Waals surface area contributed by atoms with Crippen LogP contribution in [0.15, 0.2) is 0 Å². The van der Waals surface area contributed by atoms with E-state index in [-0.39, 0.29) is 6.29 Å². The van der Waals surface area contributed by atoms with E-state index in [9.17, 15) is 5.11 Å². The average Bonchev–Trinajstić information content (AvgIpc) is 2.34. The second kappa shape index (κ2) is 11.7. The number of hydrogen-bond donors (Lipinski definition) is 1. The lowest BCUT2D eigenvalue weighted by Crippen LogP contribution is -2.24. The van der Waals surface area contributed by atoms with Crippen molar-refractivity contribution in [3.8, 4) is 0 Å². The first-order valence-corrected chi connectivity index (χ1v) is 7.97. The van der Waals surface area contributed by atoms with Gasteiger partial charge in [0.05, 0.1) is 5.60 Å². The Balaban J connectivity index is 3.47. The van der Waals surface area contributed by atoms with Crippen molar-refractivity contribution >= 4 is 0 Å². The molecule has 0 aliphatic heterocycles. The van der Waals surface area contributed by atoms with Crippen molar-refractivity contribution in [1.82, 2.24) is 0 Å². The molecule has 19 heavy (non-hydrogen) atoms. The van der Waals surface area contributed by atoms with Crippen LogP contribution in [0.2, 0.25) is 0 Å². The summed E-state index contributed by atoms with van der Waals surface area (Å²) in [6.45, 7) is 9.47. The van der Waals surface area contributed by atoms with Crippen LogP contribution in [0, 0.1) is 0 Å². The van der Waals surface area contributed by atoms with Crippen molar-refractivity contribution in [2.24, 2.45) is 0 Å². The fourth-order valence-electron chi connectivity index (χ4n) is 2.20. The van der Waals surface area contributed by atoms with Gasteiger partial charge in [-0.3, -0.25) is 0 Å². The predicted octanol–water partition coefficient (Wildman–Crippen LogP) is 4.28. The molecule has 116 valence electrons. The Morgan fingerprint density at radius 1 is 0.947 bits per heavy atom. The molecule has 3 heteroatoms. The summed E-state index contributed by atoms with van der Waals surface area (Å²) in [6.07, 6.45) is 8.58. The Bertz CT molecular complexity index is 192. The van der Waals surface area contributed by atoms with Gasteiger partial charge in [0.15, 0.2) is 6.29 Å². The van der Waals surface area contributed by atoms with E-state index in [0.29, 0.717) is 13.2 Å². The Morgan fingerprint density at radius 2 is 1.58 bits per heavy atom. The second-order valence-electron chi connectivity index (χ2n) is 5.66. The molecule has 0 rings (SSSR count). The van der Waals surface area contributed by atoms with Crippen molar-refractivity contribution in [1.29, 1.82) is 0 Å². The van der Waals surface area contributed by atoms with Crippen molar-refractivity contribution < 1.29 is 14.6 Å². The minimum absolute atomic E-state index is 0.112. The molecule has 0 aromatic carbocycles. The van der Waals surface area contributed by atoms with Crippen LogP contribution in [-0.4, -0.2) is 30.2 Å². The van der Waals surface area contributed by atoms with E-state index in [1.54, 1.807) is 0 Å². The van der Waals surface area contributed by atoms with Gasteiger partial charge in [-0.05, 0) is 46.5 Å². The molecular formula is C16H34O3. The largest absolute Gasteiger partial charge is 0.390 e. The number of hydrogen-bond acceptors (Lipinski definition) is 3. The summed E-state index contributed by atoms with van der Waals surface area (Å²) < 4.78 is 10.8. The van der Waals surface area contributed by atoms with Gasteiger partial charge in [-0.2, -0.15) is 0 Å². The Hall–Kier alpha value is -0.120. The Kier molecular flexibility index (Phi) is 11.6. The maximum absolute atomic E-state index is 10.2. The lowest BCUT2D eigenvalue weighted by Gasteiger charge is -2.23. The monoisotopic (exact) mass is 274 g/mol. The lowest BCUT2D eigenvalue weighted by atomic mass is 9.92. The lowest BCUT2D eigenvalue weighted by molar-refractivity contribution is -0.128. The minimum atomic E-state index is -0.501. The first-order valence-electron chi connectivity index (χ1n) is 7.97. The zero-order valence-electron chi connectivity index (χ0n) is 13.4. The van der Waals surface area contributed by atoms with Crippen LogP contribution < -0.4 is 0 Å². The van der Waals surface area contributed by atoms with Gasteiger partial charge in [0.1, 0.15) is 0 Å². The first kappa shape index (κ1) is 18.9. The molecule has 0 saturated carbocycles. The summed E-state index contributed by atoms with van der Waals surface area (Å²) in [7, 11) is 0. The average molecular weight is 274 g/mol. The maximum atomic E-state index is 10.2. The Morgan fingerprint density at radius 3 is 2.16 bits per heavy atom. The van der Waals surface area contributed by atoms with Crippen LogP contribution in [0.3, 0.4) is 0 Å². The molecule has 2 atom stereocenters. The predicted molar refractivity (Wildman–Crippen MR) is 80.3 cm³/mol. The summed E-state index contributed by atoms with van der Waals surface area (Å²) in [5.74, 6) is 0. The van der Waals surface area contributed by atoms with Gasteiger partial charge in [-0.25, -0.2) is 0 Å². The zero-order chi connectivity index (χ0) is 14.6. The molecule has 0 fully saturated rings. The van der Waals surface area contributed by atoms with Gasteiger partial charge in [0, 0.05) is 13.2 Å². The highest BCUT2D eigenvalue weighted by Gasteiger charge is 2.18. The normalized spacial score (nSPS) is 16.3. The third-order valence-electron chi connectivity index (χ3n) is 3.43. The van der Waals surface area contributed by atoms with Gasteiger partial charge in [-0.1, -0.05) is 32.6 Å². The minimum Gasteiger partial charge on any atom is -0.390 e. The number of ether oxygens (including phenoxy) is 2. The Labute approximate surface area is 119 Å². The van der Waals surface area contributed by atoms with E-state index in [1.165, 1.54) is 19.3 Å². The fraction of sp³-hybridized carbons (Fsp3) is 1.00. The van der Waals surface area contributed by atoms with Gasteiger partial charge in [0.25, 0.3) is 0 Å². The molecule has 0 spiro atoms. The SMILES string of the molecule is CCCCCC[C@@](C)(O)CCCCO[C@H](C)OCC. The number of unbranched alkanes of at least 4 members (excludes halogenated alkanes) is 4. The standard InChI is InChI=1S/C16H34O3/c1-5-7-8-9-12-16(4,17)13-10-11-14-19-15(3)18-6-2/h15,17H,5-14H2,1-4H3/t15-,16-/m1/s1. The van der Waals surface area contributed by atoms with E-state index < -0.39 is 5.60 Å². The van der Waals surface area contributed by atoms with Crippen LogP contribution in [0.5, 0.6) is 0 Å². The van der Waals surface area contributed by atoms with Gasteiger partial charge >= 0.3 is 0 Å². The third kappa shape index (κ3) is 12.6. The van der Waals surface area contributed by atoms with E-state index in [1.807, 2.05) is 20.8 Å². The van der Waals surface area contributed by atoms with Crippen LogP contribution >= 0.6 is 0 Å². The first-order chi connectivity index (χ1) is 9.02. The van der Waals surface area contributed by atoms with E-state index in [0.717, 1.165) is 32.1 Å². The third-order valence-corrected chi connectivity index (χ3v) is 3.43. The van der Waals surface area contributed by atoms with E-state index >= 15 is 0 Å². The topological polar surface area (TPSA) is 38.7 Å². The quantitative estimate of drug-likeness (QED) is 0.402. The van der Waals surface area contributed by atoms with E-state index in [2.05, 4.69) is 6.92 Å². The maximum Gasteiger partial charge on any atom is 0.154 e. The summed E-state index contributed by atoms with van der Waals surface area (Å²) in [4.78, 5) is 0. The number of aliphatic hydroxyl groups is 1. The van der Waals surface area contributed by atoms with Gasteiger partial charge < -0.3 is 14.6 Å². The molecule has 0 saturated heterocycles. The van der Waals surface area contributed by atoms with Crippen molar-refractivity contribution in [2.45, 2.75) is 91.0 Å². The van der Waals surface area contributed by atoms with Crippen LogP contribution in [0.1, 0.15) is 79.1 Å². The molecule has 1 N–H and O–H groups in total. The van der Waals surface area contributed by atoms with Crippen molar-refractivity contribution in [2.75, 3.05) is 13.2 Å². The molecule has 0 heterocycles. The van der Waals surface area contributed by atoms with Crippen LogP contribution in [0.4, 0.5) is 0 Å².